The van der Waals surface area contributed by atoms with Gasteiger partial charge in [-0.2, -0.15) is 0 Å². The molecule has 0 unspecified atom stereocenters. The normalized spacial score (nSPS) is 11.7. The van der Waals surface area contributed by atoms with E-state index in [4.69, 9.17) is 5.73 Å². The molecule has 0 amide bonds. The van der Waals surface area contributed by atoms with Gasteiger partial charge in [0.05, 0.1) is 5.69 Å². The third-order valence-electron chi connectivity index (χ3n) is 2.76. The van der Waals surface area contributed by atoms with E-state index >= 15 is 0 Å². The van der Waals surface area contributed by atoms with Crippen LogP contribution in [-0.4, -0.2) is 9.97 Å². The Morgan fingerprint density at radius 2 is 1.50 bits per heavy atom. The van der Waals surface area contributed by atoms with Gasteiger partial charge in [-0.15, -0.1) is 0 Å². The molecule has 0 saturated carbocycles. The molecule has 2 rings (SSSR count). The van der Waals surface area contributed by atoms with E-state index in [1.807, 2.05) is 20.8 Å². The Morgan fingerprint density at radius 1 is 0.950 bits per heavy atom. The lowest BCUT2D eigenvalue weighted by Gasteiger charge is -2.18. The first-order valence-electron chi connectivity index (χ1n) is 5.98. The molecule has 0 saturated heterocycles. The van der Waals surface area contributed by atoms with Crippen molar-refractivity contribution in [2.75, 3.05) is 5.73 Å². The molecule has 3 nitrogen and oxygen atoms in total. The van der Waals surface area contributed by atoms with Crippen LogP contribution in [0.1, 0.15) is 26.5 Å². The van der Waals surface area contributed by atoms with Crippen LogP contribution in [0.4, 0.5) is 19.0 Å². The van der Waals surface area contributed by atoms with E-state index in [1.54, 1.807) is 6.07 Å². The molecule has 0 bridgehead atoms. The van der Waals surface area contributed by atoms with Gasteiger partial charge in [0.2, 0.25) is 0 Å². The van der Waals surface area contributed by atoms with Crippen LogP contribution in [0.5, 0.6) is 0 Å². The summed E-state index contributed by atoms with van der Waals surface area (Å²) in [7, 11) is 0. The van der Waals surface area contributed by atoms with Crippen LogP contribution in [0.3, 0.4) is 0 Å². The van der Waals surface area contributed by atoms with Gasteiger partial charge in [0, 0.05) is 17.0 Å². The summed E-state index contributed by atoms with van der Waals surface area (Å²) in [6.45, 7) is 5.76. The topological polar surface area (TPSA) is 51.8 Å². The van der Waals surface area contributed by atoms with Gasteiger partial charge in [-0.05, 0) is 12.1 Å². The first-order valence-corrected chi connectivity index (χ1v) is 5.98. The van der Waals surface area contributed by atoms with Gasteiger partial charge in [-0.1, -0.05) is 20.8 Å². The Labute approximate surface area is 114 Å². The summed E-state index contributed by atoms with van der Waals surface area (Å²) in [5, 5.41) is 0. The third kappa shape index (κ3) is 2.74. The molecule has 0 radical (unpaired) electrons. The van der Waals surface area contributed by atoms with Crippen molar-refractivity contribution in [2.45, 2.75) is 26.2 Å². The zero-order valence-electron chi connectivity index (χ0n) is 11.3. The van der Waals surface area contributed by atoms with Gasteiger partial charge in [-0.25, -0.2) is 23.1 Å². The van der Waals surface area contributed by atoms with Crippen LogP contribution in [0.25, 0.3) is 11.4 Å². The number of nitrogen functional groups attached to an aromatic ring is 1. The maximum absolute atomic E-state index is 13.3. The monoisotopic (exact) mass is 281 g/mol. The maximum Gasteiger partial charge on any atom is 0.194 e. The molecule has 0 aliphatic carbocycles. The van der Waals surface area contributed by atoms with E-state index in [0.717, 1.165) is 12.1 Å². The van der Waals surface area contributed by atoms with Crippen molar-refractivity contribution in [3.63, 3.8) is 0 Å². The first kappa shape index (κ1) is 14.3. The maximum atomic E-state index is 13.3. The number of rotatable bonds is 1. The SMILES string of the molecule is CC(C)(C)c1cc(N)nc(-c2cc(F)c(F)c(F)c2)n1. The van der Waals surface area contributed by atoms with Crippen molar-refractivity contribution in [3.05, 3.63) is 41.3 Å². The summed E-state index contributed by atoms with van der Waals surface area (Å²) in [5.41, 5.74) is 6.05. The second-order valence-corrected chi connectivity index (χ2v) is 5.51. The standard InChI is InChI=1S/C14H14F3N3/c1-14(2,3)10-6-11(18)20-13(19-10)7-4-8(15)12(17)9(16)5-7/h4-6H,1-3H3,(H2,18,19,20). The molecule has 1 heterocycles. The summed E-state index contributed by atoms with van der Waals surface area (Å²) in [5.74, 6) is -3.85. The van der Waals surface area contributed by atoms with Crippen molar-refractivity contribution in [3.8, 4) is 11.4 Å². The molecule has 0 aliphatic rings. The highest BCUT2D eigenvalue weighted by molar-refractivity contribution is 5.57. The van der Waals surface area contributed by atoms with Crippen LogP contribution < -0.4 is 5.73 Å². The quantitative estimate of drug-likeness (QED) is 0.815. The molecule has 0 atom stereocenters. The molecule has 1 aromatic carbocycles. The molecule has 2 N–H and O–H groups in total. The van der Waals surface area contributed by atoms with Gasteiger partial charge < -0.3 is 5.73 Å². The lowest BCUT2D eigenvalue weighted by molar-refractivity contribution is 0.447. The van der Waals surface area contributed by atoms with Gasteiger partial charge in [0.1, 0.15) is 5.82 Å². The van der Waals surface area contributed by atoms with Crippen LogP contribution in [-0.2, 0) is 5.41 Å². The van der Waals surface area contributed by atoms with Crippen LogP contribution >= 0.6 is 0 Å². The average molecular weight is 281 g/mol. The van der Waals surface area contributed by atoms with E-state index in [-0.39, 0.29) is 22.6 Å². The van der Waals surface area contributed by atoms with Crippen molar-refractivity contribution in [2.24, 2.45) is 0 Å². The molecular formula is C14H14F3N3. The van der Waals surface area contributed by atoms with E-state index in [1.165, 1.54) is 0 Å². The molecule has 6 heteroatoms. The van der Waals surface area contributed by atoms with Gasteiger partial charge in [-0.3, -0.25) is 0 Å². The van der Waals surface area contributed by atoms with Crippen molar-refractivity contribution < 1.29 is 13.2 Å². The summed E-state index contributed by atoms with van der Waals surface area (Å²) < 4.78 is 39.5. The summed E-state index contributed by atoms with van der Waals surface area (Å²) in [6.07, 6.45) is 0. The Bertz CT molecular complexity index is 640. The highest BCUT2D eigenvalue weighted by Gasteiger charge is 2.19. The molecule has 2 aromatic rings. The number of hydrogen-bond donors (Lipinski definition) is 1. The summed E-state index contributed by atoms with van der Waals surface area (Å²) in [6, 6.07) is 3.29. The number of hydrogen-bond acceptors (Lipinski definition) is 3. The number of nitrogens with zero attached hydrogens (tertiary/aromatic N) is 2. The molecule has 0 spiro atoms. The van der Waals surface area contributed by atoms with E-state index < -0.39 is 17.5 Å². The highest BCUT2D eigenvalue weighted by atomic mass is 19.2. The highest BCUT2D eigenvalue weighted by Crippen LogP contribution is 2.26. The van der Waals surface area contributed by atoms with Crippen LogP contribution in [0, 0.1) is 17.5 Å². The largest absolute Gasteiger partial charge is 0.384 e. The smallest absolute Gasteiger partial charge is 0.194 e. The first-order chi connectivity index (χ1) is 9.18. The van der Waals surface area contributed by atoms with E-state index in [0.29, 0.717) is 5.69 Å². The molecule has 1 aromatic heterocycles. The lowest BCUT2D eigenvalue weighted by atomic mass is 9.92. The Hall–Kier alpha value is -2.11. The molecule has 0 aliphatic heterocycles. The fourth-order valence-corrected chi connectivity index (χ4v) is 1.66. The molecule has 0 fully saturated rings. The predicted molar refractivity (Wildman–Crippen MR) is 70.5 cm³/mol. The minimum Gasteiger partial charge on any atom is -0.384 e. The number of nitrogens with two attached hydrogens (primary N) is 1. The van der Waals surface area contributed by atoms with Crippen LogP contribution in [0.15, 0.2) is 18.2 Å². The third-order valence-corrected chi connectivity index (χ3v) is 2.76. The number of benzene rings is 1. The Morgan fingerprint density at radius 3 is 2.00 bits per heavy atom. The van der Waals surface area contributed by atoms with E-state index in [9.17, 15) is 13.2 Å². The Kier molecular flexibility index (Phi) is 3.41. The number of halogens is 3. The fraction of sp³-hybridized carbons (Fsp3) is 0.286. The Balaban J connectivity index is 2.61. The number of anilines is 1. The molecule has 20 heavy (non-hydrogen) atoms. The minimum atomic E-state index is -1.52. The second-order valence-electron chi connectivity index (χ2n) is 5.51. The lowest BCUT2D eigenvalue weighted by Crippen LogP contribution is -2.15. The van der Waals surface area contributed by atoms with Gasteiger partial charge >= 0.3 is 0 Å². The second kappa shape index (κ2) is 4.77. The molecule has 106 valence electrons. The summed E-state index contributed by atoms with van der Waals surface area (Å²) >= 11 is 0. The fourth-order valence-electron chi connectivity index (χ4n) is 1.66. The predicted octanol–water partition coefficient (Wildman–Crippen LogP) is 3.44. The van der Waals surface area contributed by atoms with Gasteiger partial charge in [0.25, 0.3) is 0 Å². The van der Waals surface area contributed by atoms with Crippen molar-refractivity contribution in [1.82, 2.24) is 9.97 Å². The van der Waals surface area contributed by atoms with E-state index in [2.05, 4.69) is 9.97 Å². The van der Waals surface area contributed by atoms with Gasteiger partial charge in [0.15, 0.2) is 23.3 Å². The van der Waals surface area contributed by atoms with Crippen molar-refractivity contribution in [1.29, 1.82) is 0 Å². The molecular weight excluding hydrogens is 267 g/mol. The number of aromatic nitrogens is 2. The zero-order chi connectivity index (χ0) is 15.1. The zero-order valence-corrected chi connectivity index (χ0v) is 11.3. The summed E-state index contributed by atoms with van der Waals surface area (Å²) in [4.78, 5) is 8.18. The van der Waals surface area contributed by atoms with Crippen molar-refractivity contribution >= 4 is 5.82 Å². The van der Waals surface area contributed by atoms with Crippen LogP contribution in [0.2, 0.25) is 0 Å². The minimum absolute atomic E-state index is 0.0409. The average Bonchev–Trinajstić information content (AvgIpc) is 2.33.